The van der Waals surface area contributed by atoms with Gasteiger partial charge in [0.2, 0.25) is 0 Å². The number of nitrogens with zero attached hydrogens (tertiary/aromatic N) is 1. The first-order valence-electron chi connectivity index (χ1n) is 7.67. The molecule has 0 saturated heterocycles. The fourth-order valence-electron chi connectivity index (χ4n) is 2.75. The SMILES string of the molecule is CN(C(=O)Oc1ccc(Cl)cc1)C1CCC(CSC=CCl)CC1. The molecule has 0 N–H and O–H groups in total. The van der Waals surface area contributed by atoms with Crippen molar-refractivity contribution >= 4 is 41.1 Å². The summed E-state index contributed by atoms with van der Waals surface area (Å²) >= 11 is 13.1. The number of thioether (sulfide) groups is 1. The van der Waals surface area contributed by atoms with Gasteiger partial charge < -0.3 is 9.64 Å². The number of halogens is 2. The number of carbonyl (C=O) groups excluding carboxylic acids is 1. The fourth-order valence-corrected chi connectivity index (χ4v) is 3.88. The lowest BCUT2D eigenvalue weighted by Crippen LogP contribution is -2.41. The number of rotatable bonds is 5. The molecule has 0 unspecified atom stereocenters. The summed E-state index contributed by atoms with van der Waals surface area (Å²) in [7, 11) is 1.81. The zero-order valence-electron chi connectivity index (χ0n) is 13.1. The van der Waals surface area contributed by atoms with Crippen LogP contribution in [0.5, 0.6) is 5.75 Å². The van der Waals surface area contributed by atoms with Crippen molar-refractivity contribution in [3.63, 3.8) is 0 Å². The summed E-state index contributed by atoms with van der Waals surface area (Å²) in [6, 6.07) is 7.07. The summed E-state index contributed by atoms with van der Waals surface area (Å²) in [6.07, 6.45) is 3.98. The van der Waals surface area contributed by atoms with Crippen LogP contribution in [0.2, 0.25) is 5.02 Å². The second-order valence-corrected chi connectivity index (χ2v) is 7.33. The Morgan fingerprint density at radius 1 is 1.30 bits per heavy atom. The molecule has 126 valence electrons. The van der Waals surface area contributed by atoms with Crippen LogP contribution in [-0.4, -0.2) is 29.8 Å². The quantitative estimate of drug-likeness (QED) is 0.655. The average Bonchev–Trinajstić information content (AvgIpc) is 2.57. The van der Waals surface area contributed by atoms with Crippen molar-refractivity contribution in [3.8, 4) is 5.75 Å². The highest BCUT2D eigenvalue weighted by atomic mass is 35.5. The van der Waals surface area contributed by atoms with Gasteiger partial charge in [0, 0.05) is 29.4 Å². The molecule has 1 aliphatic carbocycles. The molecule has 1 aromatic carbocycles. The van der Waals surface area contributed by atoms with Gasteiger partial charge in [-0.15, -0.1) is 11.8 Å². The van der Waals surface area contributed by atoms with Gasteiger partial charge in [0.15, 0.2) is 0 Å². The third-order valence-electron chi connectivity index (χ3n) is 4.15. The van der Waals surface area contributed by atoms with Gasteiger partial charge in [0.1, 0.15) is 5.75 Å². The zero-order chi connectivity index (χ0) is 16.7. The van der Waals surface area contributed by atoms with E-state index in [0.29, 0.717) is 16.7 Å². The van der Waals surface area contributed by atoms with Crippen LogP contribution >= 0.6 is 35.0 Å². The molecule has 1 saturated carbocycles. The Labute approximate surface area is 152 Å². The summed E-state index contributed by atoms with van der Waals surface area (Å²) < 4.78 is 5.39. The minimum absolute atomic E-state index is 0.250. The van der Waals surface area contributed by atoms with Crippen LogP contribution in [0.1, 0.15) is 25.7 Å². The van der Waals surface area contributed by atoms with Crippen molar-refractivity contribution in [2.45, 2.75) is 31.7 Å². The van der Waals surface area contributed by atoms with Gasteiger partial charge in [-0.25, -0.2) is 4.79 Å². The second-order valence-electron chi connectivity index (χ2n) is 5.70. The Kier molecular flexibility index (Phi) is 7.60. The first kappa shape index (κ1) is 18.5. The number of carbonyl (C=O) groups is 1. The van der Waals surface area contributed by atoms with Gasteiger partial charge in [-0.1, -0.05) is 23.2 Å². The zero-order valence-corrected chi connectivity index (χ0v) is 15.4. The summed E-state index contributed by atoms with van der Waals surface area (Å²) in [5.74, 6) is 2.31. The first-order valence-corrected chi connectivity index (χ1v) is 9.53. The Bertz CT molecular complexity index is 528. The molecule has 1 amide bonds. The van der Waals surface area contributed by atoms with Crippen molar-refractivity contribution < 1.29 is 9.53 Å². The maximum absolute atomic E-state index is 12.2. The molecule has 23 heavy (non-hydrogen) atoms. The van der Waals surface area contributed by atoms with Crippen LogP contribution < -0.4 is 4.74 Å². The maximum atomic E-state index is 12.2. The molecule has 1 fully saturated rings. The van der Waals surface area contributed by atoms with Gasteiger partial charge in [-0.05, 0) is 61.3 Å². The van der Waals surface area contributed by atoms with E-state index in [-0.39, 0.29) is 12.1 Å². The minimum atomic E-state index is -0.310. The van der Waals surface area contributed by atoms with E-state index in [1.165, 1.54) is 0 Å². The molecule has 3 nitrogen and oxygen atoms in total. The van der Waals surface area contributed by atoms with Crippen LogP contribution in [0.4, 0.5) is 4.79 Å². The number of hydrogen-bond acceptors (Lipinski definition) is 3. The molecule has 0 radical (unpaired) electrons. The molecule has 0 spiro atoms. The van der Waals surface area contributed by atoms with E-state index in [1.807, 2.05) is 12.5 Å². The van der Waals surface area contributed by atoms with Crippen molar-refractivity contribution in [3.05, 3.63) is 40.2 Å². The van der Waals surface area contributed by atoms with Crippen LogP contribution in [0.3, 0.4) is 0 Å². The third-order valence-corrected chi connectivity index (χ3v) is 5.67. The Morgan fingerprint density at radius 3 is 2.57 bits per heavy atom. The fraction of sp³-hybridized carbons (Fsp3) is 0.471. The third kappa shape index (κ3) is 5.94. The highest BCUT2D eigenvalue weighted by Crippen LogP contribution is 2.30. The van der Waals surface area contributed by atoms with E-state index in [9.17, 15) is 4.79 Å². The number of benzene rings is 1. The van der Waals surface area contributed by atoms with E-state index >= 15 is 0 Å². The molecular weight excluding hydrogens is 353 g/mol. The molecule has 0 aromatic heterocycles. The summed E-state index contributed by atoms with van der Waals surface area (Å²) in [6.45, 7) is 0. The van der Waals surface area contributed by atoms with E-state index < -0.39 is 0 Å². The van der Waals surface area contributed by atoms with E-state index in [2.05, 4.69) is 0 Å². The first-order chi connectivity index (χ1) is 11.1. The monoisotopic (exact) mass is 373 g/mol. The molecule has 6 heteroatoms. The largest absolute Gasteiger partial charge is 0.415 e. The van der Waals surface area contributed by atoms with E-state index in [0.717, 1.165) is 31.4 Å². The Balaban J connectivity index is 1.78. The van der Waals surface area contributed by atoms with Gasteiger partial charge in [-0.2, -0.15) is 0 Å². The van der Waals surface area contributed by atoms with E-state index in [4.69, 9.17) is 27.9 Å². The van der Waals surface area contributed by atoms with E-state index in [1.54, 1.807) is 46.5 Å². The van der Waals surface area contributed by atoms with Crippen molar-refractivity contribution in [2.24, 2.45) is 5.92 Å². The smallest absolute Gasteiger partial charge is 0.410 e. The highest BCUT2D eigenvalue weighted by Gasteiger charge is 2.27. The number of amides is 1. The summed E-state index contributed by atoms with van der Waals surface area (Å²) in [5.41, 5.74) is 1.55. The number of hydrogen-bond donors (Lipinski definition) is 0. The Hall–Kier alpha value is -0.840. The van der Waals surface area contributed by atoms with Crippen molar-refractivity contribution in [1.29, 1.82) is 0 Å². The lowest BCUT2D eigenvalue weighted by atomic mass is 9.87. The van der Waals surface area contributed by atoms with Crippen molar-refractivity contribution in [2.75, 3.05) is 12.8 Å². The van der Waals surface area contributed by atoms with Crippen LogP contribution in [-0.2, 0) is 0 Å². The standard InChI is InChI=1S/C17H21Cl2NO2S/c1-20(17(21)22-16-8-4-14(19)5-9-16)15-6-2-13(3-7-15)12-23-11-10-18/h4-5,8-11,13,15H,2-3,6-7,12H2,1H3. The topological polar surface area (TPSA) is 29.5 Å². The van der Waals surface area contributed by atoms with Crippen LogP contribution in [0.15, 0.2) is 35.2 Å². The molecule has 0 atom stereocenters. The summed E-state index contributed by atoms with van der Waals surface area (Å²) in [4.78, 5) is 14.0. The molecular formula is C17H21Cl2NO2S. The molecule has 1 aliphatic rings. The summed E-state index contributed by atoms with van der Waals surface area (Å²) in [5, 5.41) is 2.54. The molecule has 0 heterocycles. The van der Waals surface area contributed by atoms with Gasteiger partial charge in [0.05, 0.1) is 0 Å². The van der Waals surface area contributed by atoms with Gasteiger partial charge >= 0.3 is 6.09 Å². The maximum Gasteiger partial charge on any atom is 0.415 e. The molecule has 0 aliphatic heterocycles. The predicted octanol–water partition coefficient (Wildman–Crippen LogP) is 5.77. The molecule has 1 aromatic rings. The second kappa shape index (κ2) is 9.45. The highest BCUT2D eigenvalue weighted by molar-refractivity contribution is 8.02. The molecule has 2 rings (SSSR count). The van der Waals surface area contributed by atoms with Gasteiger partial charge in [-0.3, -0.25) is 0 Å². The predicted molar refractivity (Wildman–Crippen MR) is 98.4 cm³/mol. The average molecular weight is 374 g/mol. The molecule has 0 bridgehead atoms. The lowest BCUT2D eigenvalue weighted by molar-refractivity contribution is 0.127. The van der Waals surface area contributed by atoms with Gasteiger partial charge in [0.25, 0.3) is 0 Å². The van der Waals surface area contributed by atoms with Crippen LogP contribution in [0.25, 0.3) is 0 Å². The number of ether oxygens (including phenoxy) is 1. The normalized spacial score (nSPS) is 21.3. The van der Waals surface area contributed by atoms with Crippen LogP contribution in [0, 0.1) is 5.92 Å². The van der Waals surface area contributed by atoms with Crippen molar-refractivity contribution in [1.82, 2.24) is 4.90 Å². The minimum Gasteiger partial charge on any atom is -0.410 e. The lowest BCUT2D eigenvalue weighted by Gasteiger charge is -2.33. The Morgan fingerprint density at radius 2 is 1.96 bits per heavy atom.